The summed E-state index contributed by atoms with van der Waals surface area (Å²) in [4.78, 5) is 9.05. The van der Waals surface area contributed by atoms with Crippen LogP contribution in [0.4, 0.5) is 5.13 Å². The predicted octanol–water partition coefficient (Wildman–Crippen LogP) is 3.51. The second-order valence-corrected chi connectivity index (χ2v) is 6.78. The van der Waals surface area contributed by atoms with Crippen LogP contribution in [0.1, 0.15) is 62.6 Å². The molecule has 2 aliphatic carbocycles. The van der Waals surface area contributed by atoms with Crippen LogP contribution in [0.5, 0.6) is 0 Å². The molecule has 1 unspecified atom stereocenters. The number of thiazole rings is 1. The van der Waals surface area contributed by atoms with Crippen molar-refractivity contribution < 1.29 is 0 Å². The van der Waals surface area contributed by atoms with Crippen LogP contribution in [-0.4, -0.2) is 24.1 Å². The van der Waals surface area contributed by atoms with Gasteiger partial charge in [-0.15, -0.1) is 11.3 Å². The lowest BCUT2D eigenvalue weighted by Gasteiger charge is -2.22. The Bertz CT molecular complexity index is 425. The van der Waals surface area contributed by atoms with Gasteiger partial charge in [-0.25, -0.2) is 4.98 Å². The highest BCUT2D eigenvalue weighted by Gasteiger charge is 2.32. The number of hydrogen-bond donors (Lipinski definition) is 1. The van der Waals surface area contributed by atoms with Gasteiger partial charge >= 0.3 is 0 Å². The molecule has 1 atom stereocenters. The first kappa shape index (κ1) is 13.4. The average Bonchev–Trinajstić information content (AvgIpc) is 3.16. The molecule has 4 heteroatoms. The second kappa shape index (κ2) is 5.80. The summed E-state index contributed by atoms with van der Waals surface area (Å²) in [7, 11) is 0. The molecule has 106 valence electrons. The molecule has 0 radical (unpaired) electrons. The predicted molar refractivity (Wildman–Crippen MR) is 82.1 cm³/mol. The third-order valence-electron chi connectivity index (χ3n) is 4.16. The number of nitrogens with zero attached hydrogens (tertiary/aromatic N) is 2. The van der Waals surface area contributed by atoms with E-state index in [0.29, 0.717) is 6.04 Å². The van der Waals surface area contributed by atoms with E-state index in [0.717, 1.165) is 19.1 Å². The minimum Gasteiger partial charge on any atom is -0.345 e. The molecule has 0 amide bonds. The SMILES string of the molecule is CCCNC1CCCc2sc(N(CC)C3CC3)nc21. The Kier molecular flexibility index (Phi) is 4.08. The van der Waals surface area contributed by atoms with Gasteiger partial charge in [-0.05, 0) is 52.0 Å². The highest BCUT2D eigenvalue weighted by atomic mass is 32.1. The number of anilines is 1. The largest absolute Gasteiger partial charge is 0.345 e. The van der Waals surface area contributed by atoms with E-state index in [1.165, 1.54) is 54.2 Å². The van der Waals surface area contributed by atoms with Crippen molar-refractivity contribution in [3.8, 4) is 0 Å². The lowest BCUT2D eigenvalue weighted by Crippen LogP contribution is -2.27. The Hall–Kier alpha value is -0.610. The lowest BCUT2D eigenvalue weighted by atomic mass is 9.97. The molecule has 1 aromatic rings. The molecule has 1 saturated carbocycles. The first-order chi connectivity index (χ1) is 9.33. The summed E-state index contributed by atoms with van der Waals surface area (Å²) in [6, 6.07) is 1.28. The number of aryl methyl sites for hydroxylation is 1. The summed E-state index contributed by atoms with van der Waals surface area (Å²) in [5.41, 5.74) is 1.36. The maximum absolute atomic E-state index is 5.00. The van der Waals surface area contributed by atoms with Crippen molar-refractivity contribution in [2.24, 2.45) is 0 Å². The van der Waals surface area contributed by atoms with Crippen molar-refractivity contribution in [1.29, 1.82) is 0 Å². The lowest BCUT2D eigenvalue weighted by molar-refractivity contribution is 0.454. The normalized spacial score (nSPS) is 22.3. The van der Waals surface area contributed by atoms with E-state index in [1.54, 1.807) is 0 Å². The topological polar surface area (TPSA) is 28.2 Å². The van der Waals surface area contributed by atoms with Gasteiger partial charge in [0.2, 0.25) is 0 Å². The van der Waals surface area contributed by atoms with Crippen LogP contribution < -0.4 is 10.2 Å². The molecular formula is C15H25N3S. The van der Waals surface area contributed by atoms with Gasteiger partial charge in [0.15, 0.2) is 5.13 Å². The molecular weight excluding hydrogens is 254 g/mol. The van der Waals surface area contributed by atoms with E-state index in [2.05, 4.69) is 24.1 Å². The molecule has 0 aromatic carbocycles. The van der Waals surface area contributed by atoms with E-state index < -0.39 is 0 Å². The summed E-state index contributed by atoms with van der Waals surface area (Å²) in [6.07, 6.45) is 7.72. The van der Waals surface area contributed by atoms with Gasteiger partial charge in [-0.1, -0.05) is 6.92 Å². The molecule has 0 aliphatic heterocycles. The summed E-state index contributed by atoms with van der Waals surface area (Å²) >= 11 is 1.95. The van der Waals surface area contributed by atoms with Crippen molar-refractivity contribution in [3.05, 3.63) is 10.6 Å². The fourth-order valence-electron chi connectivity index (χ4n) is 2.98. The van der Waals surface area contributed by atoms with Crippen LogP contribution in [0.3, 0.4) is 0 Å². The zero-order valence-electron chi connectivity index (χ0n) is 12.1. The van der Waals surface area contributed by atoms with Crippen LogP contribution in [0, 0.1) is 0 Å². The number of fused-ring (bicyclic) bond motifs is 1. The molecule has 0 saturated heterocycles. The minimum atomic E-state index is 0.506. The standard InChI is InChI=1S/C15H25N3S/c1-3-10-16-12-6-5-7-13-14(12)17-15(19-13)18(4-2)11-8-9-11/h11-12,16H,3-10H2,1-2H3. The minimum absolute atomic E-state index is 0.506. The molecule has 0 bridgehead atoms. The van der Waals surface area contributed by atoms with E-state index in [9.17, 15) is 0 Å². The molecule has 2 aliphatic rings. The fourth-order valence-corrected chi connectivity index (χ4v) is 4.28. The number of aromatic nitrogens is 1. The van der Waals surface area contributed by atoms with E-state index in [-0.39, 0.29) is 0 Å². The van der Waals surface area contributed by atoms with Gasteiger partial charge in [0, 0.05) is 17.5 Å². The summed E-state index contributed by atoms with van der Waals surface area (Å²) < 4.78 is 0. The Balaban J connectivity index is 1.79. The second-order valence-electron chi connectivity index (χ2n) is 5.72. The van der Waals surface area contributed by atoms with Gasteiger partial charge in [0.1, 0.15) is 0 Å². The molecule has 3 nitrogen and oxygen atoms in total. The monoisotopic (exact) mass is 279 g/mol. The zero-order chi connectivity index (χ0) is 13.2. The van der Waals surface area contributed by atoms with Gasteiger partial charge in [-0.2, -0.15) is 0 Å². The van der Waals surface area contributed by atoms with Crippen molar-refractivity contribution in [2.45, 2.75) is 64.5 Å². The summed E-state index contributed by atoms with van der Waals surface area (Å²) in [6.45, 7) is 6.70. The van der Waals surface area contributed by atoms with Crippen LogP contribution in [-0.2, 0) is 6.42 Å². The average molecular weight is 279 g/mol. The quantitative estimate of drug-likeness (QED) is 0.863. The number of nitrogens with one attached hydrogen (secondary N) is 1. The van der Waals surface area contributed by atoms with Crippen molar-refractivity contribution in [1.82, 2.24) is 10.3 Å². The zero-order valence-corrected chi connectivity index (χ0v) is 12.9. The number of hydrogen-bond acceptors (Lipinski definition) is 4. The maximum Gasteiger partial charge on any atom is 0.186 e. The van der Waals surface area contributed by atoms with E-state index in [1.807, 2.05) is 11.3 Å². The van der Waals surface area contributed by atoms with Gasteiger partial charge in [0.05, 0.1) is 11.7 Å². The molecule has 1 aromatic heterocycles. The maximum atomic E-state index is 5.00. The Morgan fingerprint density at radius 3 is 2.84 bits per heavy atom. The molecule has 1 N–H and O–H groups in total. The molecule has 0 spiro atoms. The highest BCUT2D eigenvalue weighted by molar-refractivity contribution is 7.15. The fraction of sp³-hybridized carbons (Fsp3) is 0.800. The van der Waals surface area contributed by atoms with Crippen LogP contribution in [0.25, 0.3) is 0 Å². The van der Waals surface area contributed by atoms with Crippen molar-refractivity contribution >= 4 is 16.5 Å². The van der Waals surface area contributed by atoms with Gasteiger partial charge in [-0.3, -0.25) is 0 Å². The first-order valence-corrected chi connectivity index (χ1v) is 8.64. The highest BCUT2D eigenvalue weighted by Crippen LogP contribution is 2.40. The van der Waals surface area contributed by atoms with E-state index >= 15 is 0 Å². The van der Waals surface area contributed by atoms with Crippen LogP contribution in [0.15, 0.2) is 0 Å². The van der Waals surface area contributed by atoms with Crippen LogP contribution in [0.2, 0.25) is 0 Å². The van der Waals surface area contributed by atoms with Crippen molar-refractivity contribution in [3.63, 3.8) is 0 Å². The Morgan fingerprint density at radius 2 is 2.16 bits per heavy atom. The molecule has 1 fully saturated rings. The molecule has 1 heterocycles. The van der Waals surface area contributed by atoms with Gasteiger partial charge < -0.3 is 10.2 Å². The first-order valence-electron chi connectivity index (χ1n) is 7.83. The van der Waals surface area contributed by atoms with E-state index in [4.69, 9.17) is 4.98 Å². The molecule has 19 heavy (non-hydrogen) atoms. The third-order valence-corrected chi connectivity index (χ3v) is 5.33. The summed E-state index contributed by atoms with van der Waals surface area (Å²) in [5.74, 6) is 0. The van der Waals surface area contributed by atoms with Gasteiger partial charge in [0.25, 0.3) is 0 Å². The summed E-state index contributed by atoms with van der Waals surface area (Å²) in [5, 5.41) is 4.95. The van der Waals surface area contributed by atoms with Crippen molar-refractivity contribution in [2.75, 3.05) is 18.0 Å². The smallest absolute Gasteiger partial charge is 0.186 e. The molecule has 3 rings (SSSR count). The number of rotatable bonds is 6. The third kappa shape index (κ3) is 2.79. The Labute approximate surface area is 120 Å². The van der Waals surface area contributed by atoms with Crippen LogP contribution >= 0.6 is 11.3 Å². The Morgan fingerprint density at radius 1 is 1.32 bits per heavy atom.